The van der Waals surface area contributed by atoms with Gasteiger partial charge in [-0.25, -0.2) is 0 Å². The number of allylic oxidation sites excluding steroid dienone is 2. The van der Waals surface area contributed by atoms with Crippen LogP contribution in [0.1, 0.15) is 46.0 Å². The standard InChI is InChI=1S/C12H19N/c1-12(2,10-13)11-8-6-4-3-5-7-9-11/h6,8,11H,3-5,7,9H2,1-2H3/b8-6-. The SMILES string of the molecule is CC(C)(C#N)C1/C=C\CCCCC1. The second-order valence-corrected chi connectivity index (χ2v) is 4.51. The van der Waals surface area contributed by atoms with Gasteiger partial charge in [-0.3, -0.25) is 0 Å². The Morgan fingerprint density at radius 2 is 2.08 bits per heavy atom. The van der Waals surface area contributed by atoms with Gasteiger partial charge in [0.15, 0.2) is 0 Å². The molecule has 13 heavy (non-hydrogen) atoms. The molecule has 1 atom stereocenters. The zero-order valence-electron chi connectivity index (χ0n) is 8.71. The van der Waals surface area contributed by atoms with Crippen molar-refractivity contribution >= 4 is 0 Å². The Kier molecular flexibility index (Phi) is 3.54. The smallest absolute Gasteiger partial charge is 0.0690 e. The summed E-state index contributed by atoms with van der Waals surface area (Å²) in [6.45, 7) is 4.09. The number of hydrogen-bond donors (Lipinski definition) is 0. The Bertz CT molecular complexity index is 220. The van der Waals surface area contributed by atoms with E-state index in [1.807, 2.05) is 13.8 Å². The molecule has 0 N–H and O–H groups in total. The number of nitriles is 1. The maximum Gasteiger partial charge on any atom is 0.0690 e. The summed E-state index contributed by atoms with van der Waals surface area (Å²) in [7, 11) is 0. The molecular weight excluding hydrogens is 158 g/mol. The fourth-order valence-electron chi connectivity index (χ4n) is 1.84. The zero-order valence-corrected chi connectivity index (χ0v) is 8.71. The maximum absolute atomic E-state index is 9.02. The van der Waals surface area contributed by atoms with Crippen molar-refractivity contribution in [1.82, 2.24) is 0 Å². The molecule has 0 aromatic rings. The number of rotatable bonds is 1. The van der Waals surface area contributed by atoms with Gasteiger partial charge in [0.1, 0.15) is 0 Å². The molecule has 1 heteroatoms. The lowest BCUT2D eigenvalue weighted by molar-refractivity contribution is 0.321. The molecule has 1 unspecified atom stereocenters. The molecule has 0 saturated heterocycles. The van der Waals surface area contributed by atoms with Gasteiger partial charge in [0.05, 0.1) is 11.5 Å². The second-order valence-electron chi connectivity index (χ2n) is 4.51. The first-order valence-electron chi connectivity index (χ1n) is 5.25. The highest BCUT2D eigenvalue weighted by Gasteiger charge is 2.26. The van der Waals surface area contributed by atoms with E-state index in [4.69, 9.17) is 5.26 Å². The molecule has 0 radical (unpaired) electrons. The van der Waals surface area contributed by atoms with Crippen molar-refractivity contribution in [2.75, 3.05) is 0 Å². The summed E-state index contributed by atoms with van der Waals surface area (Å²) in [5.41, 5.74) is -0.187. The highest BCUT2D eigenvalue weighted by Crippen LogP contribution is 2.32. The predicted octanol–water partition coefficient (Wildman–Crippen LogP) is 3.67. The molecule has 0 amide bonds. The van der Waals surface area contributed by atoms with Crippen molar-refractivity contribution < 1.29 is 0 Å². The minimum Gasteiger partial charge on any atom is -0.198 e. The van der Waals surface area contributed by atoms with Crippen molar-refractivity contribution in [3.63, 3.8) is 0 Å². The molecule has 0 saturated carbocycles. The third kappa shape index (κ3) is 2.88. The molecule has 0 fully saturated rings. The van der Waals surface area contributed by atoms with Crippen LogP contribution in [0.3, 0.4) is 0 Å². The van der Waals surface area contributed by atoms with Gasteiger partial charge in [0, 0.05) is 0 Å². The van der Waals surface area contributed by atoms with E-state index in [9.17, 15) is 0 Å². The minimum absolute atomic E-state index is 0.187. The van der Waals surface area contributed by atoms with Gasteiger partial charge in [-0.1, -0.05) is 25.0 Å². The lowest BCUT2D eigenvalue weighted by Crippen LogP contribution is -2.20. The third-order valence-corrected chi connectivity index (χ3v) is 2.97. The molecule has 1 aliphatic rings. The van der Waals surface area contributed by atoms with Crippen molar-refractivity contribution in [1.29, 1.82) is 5.26 Å². The lowest BCUT2D eigenvalue weighted by atomic mass is 9.76. The van der Waals surface area contributed by atoms with Crippen molar-refractivity contribution in [3.8, 4) is 6.07 Å². The van der Waals surface area contributed by atoms with Gasteiger partial charge < -0.3 is 0 Å². The quantitative estimate of drug-likeness (QED) is 0.560. The number of hydrogen-bond acceptors (Lipinski definition) is 1. The Morgan fingerprint density at radius 3 is 2.77 bits per heavy atom. The van der Waals surface area contributed by atoms with Gasteiger partial charge >= 0.3 is 0 Å². The van der Waals surface area contributed by atoms with Crippen LogP contribution < -0.4 is 0 Å². The lowest BCUT2D eigenvalue weighted by Gasteiger charge is -2.26. The molecule has 0 aromatic carbocycles. The second kappa shape index (κ2) is 4.46. The summed E-state index contributed by atoms with van der Waals surface area (Å²) in [5.74, 6) is 0.456. The summed E-state index contributed by atoms with van der Waals surface area (Å²) in [6.07, 6.45) is 10.8. The average molecular weight is 177 g/mol. The van der Waals surface area contributed by atoms with Gasteiger partial charge in [-0.15, -0.1) is 0 Å². The van der Waals surface area contributed by atoms with Crippen LogP contribution in [-0.2, 0) is 0 Å². The largest absolute Gasteiger partial charge is 0.198 e. The highest BCUT2D eigenvalue weighted by atomic mass is 14.4. The van der Waals surface area contributed by atoms with E-state index in [2.05, 4.69) is 18.2 Å². The fraction of sp³-hybridized carbons (Fsp3) is 0.750. The van der Waals surface area contributed by atoms with Crippen LogP contribution in [-0.4, -0.2) is 0 Å². The first kappa shape index (κ1) is 10.3. The summed E-state index contributed by atoms with van der Waals surface area (Å²) >= 11 is 0. The summed E-state index contributed by atoms with van der Waals surface area (Å²) in [4.78, 5) is 0. The molecule has 1 rings (SSSR count). The molecule has 0 heterocycles. The third-order valence-electron chi connectivity index (χ3n) is 2.97. The van der Waals surface area contributed by atoms with Crippen LogP contribution in [0, 0.1) is 22.7 Å². The van der Waals surface area contributed by atoms with Gasteiger partial charge in [-0.2, -0.15) is 5.26 Å². The first-order chi connectivity index (χ1) is 6.17. The van der Waals surface area contributed by atoms with E-state index >= 15 is 0 Å². The Morgan fingerprint density at radius 1 is 1.31 bits per heavy atom. The normalized spacial score (nSPS) is 27.0. The molecule has 0 aliphatic heterocycles. The topological polar surface area (TPSA) is 23.8 Å². The maximum atomic E-state index is 9.02. The van der Waals surface area contributed by atoms with Crippen molar-refractivity contribution in [2.24, 2.45) is 11.3 Å². The Balaban J connectivity index is 2.66. The van der Waals surface area contributed by atoms with Gasteiger partial charge in [0.25, 0.3) is 0 Å². The van der Waals surface area contributed by atoms with E-state index in [1.54, 1.807) is 0 Å². The molecule has 1 nitrogen and oxygen atoms in total. The van der Waals surface area contributed by atoms with Gasteiger partial charge in [-0.05, 0) is 39.0 Å². The summed E-state index contributed by atoms with van der Waals surface area (Å²) < 4.78 is 0. The van der Waals surface area contributed by atoms with E-state index in [0.717, 1.165) is 0 Å². The number of nitrogens with zero attached hydrogens (tertiary/aromatic N) is 1. The summed E-state index contributed by atoms with van der Waals surface area (Å²) in [6, 6.07) is 2.41. The van der Waals surface area contributed by atoms with Crippen molar-refractivity contribution in [3.05, 3.63) is 12.2 Å². The highest BCUT2D eigenvalue weighted by molar-refractivity contribution is 5.05. The van der Waals surface area contributed by atoms with E-state index < -0.39 is 0 Å². The van der Waals surface area contributed by atoms with Crippen LogP contribution in [0.5, 0.6) is 0 Å². The Hall–Kier alpha value is -0.770. The predicted molar refractivity (Wildman–Crippen MR) is 55.1 cm³/mol. The van der Waals surface area contributed by atoms with E-state index in [1.165, 1.54) is 32.1 Å². The zero-order chi connectivity index (χ0) is 9.73. The molecule has 0 aromatic heterocycles. The van der Waals surface area contributed by atoms with E-state index in [-0.39, 0.29) is 5.41 Å². The molecule has 1 aliphatic carbocycles. The molecular formula is C12H19N. The van der Waals surface area contributed by atoms with Crippen LogP contribution in [0.15, 0.2) is 12.2 Å². The minimum atomic E-state index is -0.187. The van der Waals surface area contributed by atoms with E-state index in [0.29, 0.717) is 5.92 Å². The van der Waals surface area contributed by atoms with Crippen molar-refractivity contribution in [2.45, 2.75) is 46.0 Å². The molecule has 0 bridgehead atoms. The van der Waals surface area contributed by atoms with Crippen LogP contribution in [0.2, 0.25) is 0 Å². The molecule has 72 valence electrons. The van der Waals surface area contributed by atoms with Crippen LogP contribution >= 0.6 is 0 Å². The Labute approximate surface area is 81.5 Å². The van der Waals surface area contributed by atoms with Gasteiger partial charge in [0.2, 0.25) is 0 Å². The monoisotopic (exact) mass is 177 g/mol. The van der Waals surface area contributed by atoms with Crippen LogP contribution in [0.4, 0.5) is 0 Å². The van der Waals surface area contributed by atoms with Crippen LogP contribution in [0.25, 0.3) is 0 Å². The summed E-state index contributed by atoms with van der Waals surface area (Å²) in [5, 5.41) is 9.02. The molecule has 0 spiro atoms. The average Bonchev–Trinajstić information content (AvgIpc) is 2.03. The first-order valence-corrected chi connectivity index (χ1v) is 5.25. The fourth-order valence-corrected chi connectivity index (χ4v) is 1.84.